The molecule has 0 aliphatic heterocycles. The molecule has 0 aliphatic rings. The van der Waals surface area contributed by atoms with Crippen LogP contribution in [0, 0.1) is 10.1 Å². The Balaban J connectivity index is 3.25. The number of carboxylic acid groups (broad SMARTS) is 1. The number of nitrogens with zero attached hydrogens (tertiary/aromatic N) is 1. The van der Waals surface area contributed by atoms with Crippen molar-refractivity contribution in [2.75, 3.05) is 20.8 Å². The Hall–Kier alpha value is -3.02. The number of hydrogen-bond donors (Lipinski definition) is 2. The van der Waals surface area contributed by atoms with E-state index in [0.717, 1.165) is 13.2 Å². The molecule has 0 fully saturated rings. The van der Waals surface area contributed by atoms with Gasteiger partial charge in [-0.05, 0) is 0 Å². The first kappa shape index (κ1) is 21.0. The number of methoxy groups -OCH3 is 2. The molecule has 0 saturated heterocycles. The van der Waals surface area contributed by atoms with Crippen molar-refractivity contribution in [3.8, 4) is 11.5 Å². The van der Waals surface area contributed by atoms with E-state index in [9.17, 15) is 28.5 Å². The van der Waals surface area contributed by atoms with Gasteiger partial charge in [0.1, 0.15) is 11.6 Å². The van der Waals surface area contributed by atoms with Crippen LogP contribution in [0.25, 0.3) is 0 Å². The second-order valence-electron chi connectivity index (χ2n) is 4.80. The highest BCUT2D eigenvalue weighted by molar-refractivity contribution is 6.00. The lowest BCUT2D eigenvalue weighted by Gasteiger charge is -2.15. The van der Waals surface area contributed by atoms with Gasteiger partial charge < -0.3 is 24.6 Å². The van der Waals surface area contributed by atoms with Crippen molar-refractivity contribution in [2.24, 2.45) is 0 Å². The number of benzene rings is 1. The number of carbonyl (C=O) groups is 2. The fraction of sp³-hybridized carbons (Fsp3) is 0.429. The maximum absolute atomic E-state index is 12.4. The van der Waals surface area contributed by atoms with E-state index in [2.05, 4.69) is 10.1 Å². The molecule has 1 atom stereocenters. The topological polar surface area (TPSA) is 137 Å². The molecule has 12 heteroatoms. The summed E-state index contributed by atoms with van der Waals surface area (Å²) in [7, 11) is 2.41. The van der Waals surface area contributed by atoms with Gasteiger partial charge in [0.2, 0.25) is 0 Å². The van der Waals surface area contributed by atoms with Crippen molar-refractivity contribution >= 4 is 17.6 Å². The number of amides is 1. The zero-order valence-electron chi connectivity index (χ0n) is 13.7. The van der Waals surface area contributed by atoms with Crippen molar-refractivity contribution in [1.82, 2.24) is 5.32 Å². The van der Waals surface area contributed by atoms with Crippen LogP contribution < -0.4 is 14.8 Å². The van der Waals surface area contributed by atoms with Gasteiger partial charge in [0.15, 0.2) is 11.5 Å². The number of alkyl halides is 2. The van der Waals surface area contributed by atoms with Crippen LogP contribution in [0.2, 0.25) is 0 Å². The lowest BCUT2D eigenvalue weighted by atomic mass is 10.1. The van der Waals surface area contributed by atoms with Gasteiger partial charge in [-0.25, -0.2) is 4.79 Å². The molecule has 1 rings (SSSR count). The van der Waals surface area contributed by atoms with Crippen LogP contribution in [0.1, 0.15) is 16.8 Å². The SMILES string of the molecule is COCCC(NC(=O)c1cc(OC)c(OC(F)F)cc1[N+](=O)[O-])C(=O)O. The summed E-state index contributed by atoms with van der Waals surface area (Å²) in [5.41, 5.74) is -1.42. The van der Waals surface area contributed by atoms with Gasteiger partial charge in [0, 0.05) is 26.2 Å². The number of hydrogen-bond acceptors (Lipinski definition) is 7. The molecule has 1 aromatic carbocycles. The van der Waals surface area contributed by atoms with E-state index < -0.39 is 46.5 Å². The third kappa shape index (κ3) is 5.51. The Bertz CT molecular complexity index is 683. The number of aliphatic carboxylic acids is 1. The zero-order chi connectivity index (χ0) is 19.9. The summed E-state index contributed by atoms with van der Waals surface area (Å²) in [6.07, 6.45) is -0.0882. The molecule has 0 saturated carbocycles. The molecule has 0 heterocycles. The highest BCUT2D eigenvalue weighted by Gasteiger charge is 2.28. The van der Waals surface area contributed by atoms with Gasteiger partial charge in [-0.2, -0.15) is 8.78 Å². The minimum absolute atomic E-state index is 0.0177. The lowest BCUT2D eigenvalue weighted by molar-refractivity contribution is -0.385. The number of carboxylic acids is 1. The molecule has 1 amide bonds. The summed E-state index contributed by atoms with van der Waals surface area (Å²) in [4.78, 5) is 33.6. The normalized spacial score (nSPS) is 11.7. The van der Waals surface area contributed by atoms with Crippen molar-refractivity contribution < 1.29 is 42.6 Å². The largest absolute Gasteiger partial charge is 0.493 e. The van der Waals surface area contributed by atoms with Gasteiger partial charge >= 0.3 is 12.6 Å². The second kappa shape index (κ2) is 9.46. The number of halogens is 2. The average molecular weight is 378 g/mol. The molecular formula is C14H16F2N2O8. The smallest absolute Gasteiger partial charge is 0.387 e. The van der Waals surface area contributed by atoms with E-state index >= 15 is 0 Å². The zero-order valence-corrected chi connectivity index (χ0v) is 13.7. The monoisotopic (exact) mass is 378 g/mol. The first-order valence-corrected chi connectivity index (χ1v) is 7.05. The first-order chi connectivity index (χ1) is 12.2. The maximum atomic E-state index is 12.4. The van der Waals surface area contributed by atoms with Gasteiger partial charge in [0.25, 0.3) is 11.6 Å². The van der Waals surface area contributed by atoms with Crippen LogP contribution in [0.3, 0.4) is 0 Å². The van der Waals surface area contributed by atoms with Gasteiger partial charge in [0.05, 0.1) is 18.1 Å². The first-order valence-electron chi connectivity index (χ1n) is 7.05. The molecule has 0 bridgehead atoms. The molecule has 1 unspecified atom stereocenters. The van der Waals surface area contributed by atoms with Gasteiger partial charge in [-0.15, -0.1) is 0 Å². The molecular weight excluding hydrogens is 362 g/mol. The highest BCUT2D eigenvalue weighted by Crippen LogP contribution is 2.35. The van der Waals surface area contributed by atoms with Crippen molar-refractivity contribution in [3.63, 3.8) is 0 Å². The van der Waals surface area contributed by atoms with Crippen LogP contribution in [0.4, 0.5) is 14.5 Å². The highest BCUT2D eigenvalue weighted by atomic mass is 19.3. The van der Waals surface area contributed by atoms with Crippen molar-refractivity contribution in [1.29, 1.82) is 0 Å². The quantitative estimate of drug-likeness (QED) is 0.461. The van der Waals surface area contributed by atoms with Crippen LogP contribution in [-0.2, 0) is 9.53 Å². The summed E-state index contributed by atoms with van der Waals surface area (Å²) in [6.45, 7) is -3.25. The van der Waals surface area contributed by atoms with Gasteiger partial charge in [-0.3, -0.25) is 14.9 Å². The van der Waals surface area contributed by atoms with Crippen LogP contribution in [0.5, 0.6) is 11.5 Å². The van der Waals surface area contributed by atoms with Crippen molar-refractivity contribution in [2.45, 2.75) is 19.1 Å². The van der Waals surface area contributed by atoms with Crippen LogP contribution >= 0.6 is 0 Å². The molecule has 0 aromatic heterocycles. The minimum Gasteiger partial charge on any atom is -0.493 e. The third-order valence-corrected chi connectivity index (χ3v) is 3.15. The molecule has 26 heavy (non-hydrogen) atoms. The van der Waals surface area contributed by atoms with Gasteiger partial charge in [-0.1, -0.05) is 0 Å². The fourth-order valence-electron chi connectivity index (χ4n) is 1.96. The number of ether oxygens (including phenoxy) is 3. The number of rotatable bonds is 10. The number of nitro benzene ring substituents is 1. The van der Waals surface area contributed by atoms with E-state index in [1.807, 2.05) is 0 Å². The predicted octanol–water partition coefficient (Wildman–Crippen LogP) is 1.42. The van der Waals surface area contributed by atoms with E-state index in [4.69, 9.17) is 14.6 Å². The standard InChI is InChI=1S/C14H16F2N2O8/c1-24-4-3-8(13(20)21)17-12(19)7-5-10(25-2)11(26-14(15)16)6-9(7)18(22)23/h5-6,8,14H,3-4H2,1-2H3,(H,17,19)(H,20,21). The Morgan fingerprint density at radius 3 is 2.42 bits per heavy atom. The Morgan fingerprint density at radius 1 is 1.31 bits per heavy atom. The summed E-state index contributed by atoms with van der Waals surface area (Å²) < 4.78 is 38.5. The lowest BCUT2D eigenvalue weighted by Crippen LogP contribution is -2.41. The number of nitrogens with one attached hydrogen (secondary N) is 1. The maximum Gasteiger partial charge on any atom is 0.387 e. The van der Waals surface area contributed by atoms with Crippen LogP contribution in [0.15, 0.2) is 12.1 Å². The summed E-state index contributed by atoms with van der Waals surface area (Å²) >= 11 is 0. The van der Waals surface area contributed by atoms with E-state index in [0.29, 0.717) is 6.07 Å². The molecule has 0 aliphatic carbocycles. The fourth-order valence-corrected chi connectivity index (χ4v) is 1.96. The Labute approximate surface area is 145 Å². The molecule has 2 N–H and O–H groups in total. The molecule has 10 nitrogen and oxygen atoms in total. The number of carbonyl (C=O) groups excluding carboxylic acids is 1. The van der Waals surface area contributed by atoms with E-state index in [-0.39, 0.29) is 18.8 Å². The summed E-state index contributed by atoms with van der Waals surface area (Å²) in [5.74, 6) is -3.46. The van der Waals surface area contributed by atoms with E-state index in [1.165, 1.54) is 7.11 Å². The van der Waals surface area contributed by atoms with Crippen LogP contribution in [-0.4, -0.2) is 55.4 Å². The predicted molar refractivity (Wildman–Crippen MR) is 81.7 cm³/mol. The molecule has 0 spiro atoms. The third-order valence-electron chi connectivity index (χ3n) is 3.15. The molecule has 144 valence electrons. The second-order valence-corrected chi connectivity index (χ2v) is 4.80. The Kier molecular flexibility index (Phi) is 7.65. The minimum atomic E-state index is -3.27. The molecule has 0 radical (unpaired) electrons. The number of nitro groups is 1. The average Bonchev–Trinajstić information content (AvgIpc) is 2.57. The Morgan fingerprint density at radius 2 is 1.96 bits per heavy atom. The van der Waals surface area contributed by atoms with E-state index in [1.54, 1.807) is 0 Å². The summed E-state index contributed by atoms with van der Waals surface area (Å²) in [5, 5.41) is 22.4. The van der Waals surface area contributed by atoms with Crippen molar-refractivity contribution in [3.05, 3.63) is 27.8 Å². The molecule has 1 aromatic rings. The summed E-state index contributed by atoms with van der Waals surface area (Å²) in [6, 6.07) is 0.0515.